The molecule has 1 atom stereocenters. The molecule has 4 nitrogen and oxygen atoms in total. The molecular formula is C8H11NO3. The number of anilines is 1. The smallest absolute Gasteiger partial charge is 0.326 e. The Kier molecular flexibility index (Phi) is 2.74. The van der Waals surface area contributed by atoms with Crippen LogP contribution in [0.2, 0.25) is 0 Å². The van der Waals surface area contributed by atoms with Crippen molar-refractivity contribution in [3.63, 3.8) is 0 Å². The number of furan rings is 1. The highest BCUT2D eigenvalue weighted by atomic mass is 16.4. The average molecular weight is 169 g/mol. The predicted octanol–water partition coefficient (Wildman–Crippen LogP) is 1.55. The highest BCUT2D eigenvalue weighted by Crippen LogP contribution is 2.09. The van der Waals surface area contributed by atoms with Crippen LogP contribution in [0, 0.1) is 0 Å². The Balaban J connectivity index is 2.54. The number of rotatable bonds is 4. The van der Waals surface area contributed by atoms with Crippen LogP contribution in [0.1, 0.15) is 13.3 Å². The first kappa shape index (κ1) is 8.64. The van der Waals surface area contributed by atoms with E-state index in [0.29, 0.717) is 12.1 Å². The first-order valence-electron chi connectivity index (χ1n) is 3.75. The molecule has 0 aliphatic heterocycles. The van der Waals surface area contributed by atoms with Gasteiger partial charge in [-0.2, -0.15) is 0 Å². The summed E-state index contributed by atoms with van der Waals surface area (Å²) >= 11 is 0. The first-order chi connectivity index (χ1) is 5.74. The molecule has 0 aromatic carbocycles. The molecule has 1 unspecified atom stereocenters. The lowest BCUT2D eigenvalue weighted by Crippen LogP contribution is -2.27. The summed E-state index contributed by atoms with van der Waals surface area (Å²) in [5, 5.41) is 11.5. The summed E-state index contributed by atoms with van der Waals surface area (Å²) in [5.41, 5.74) is 0.698. The van der Waals surface area contributed by atoms with Gasteiger partial charge in [0.1, 0.15) is 12.3 Å². The third kappa shape index (κ3) is 2.02. The molecule has 0 amide bonds. The molecule has 1 heterocycles. The maximum atomic E-state index is 10.6. The number of aliphatic carboxylic acids is 1. The molecule has 66 valence electrons. The number of carboxylic acids is 1. The molecular weight excluding hydrogens is 158 g/mol. The zero-order chi connectivity index (χ0) is 8.97. The molecule has 0 saturated carbocycles. The standard InChI is InChI=1S/C8H11NO3/c1-2-7(8(10)11)9-6-3-4-12-5-6/h3-5,7,9H,2H2,1H3,(H,10,11). The monoisotopic (exact) mass is 169 g/mol. The van der Waals surface area contributed by atoms with E-state index in [1.165, 1.54) is 12.5 Å². The van der Waals surface area contributed by atoms with Gasteiger partial charge < -0.3 is 14.8 Å². The Morgan fingerprint density at radius 1 is 1.83 bits per heavy atom. The number of nitrogens with one attached hydrogen (secondary N) is 1. The topological polar surface area (TPSA) is 62.5 Å². The van der Waals surface area contributed by atoms with Crippen molar-refractivity contribution in [2.45, 2.75) is 19.4 Å². The molecule has 12 heavy (non-hydrogen) atoms. The van der Waals surface area contributed by atoms with Gasteiger partial charge in [0.25, 0.3) is 0 Å². The summed E-state index contributed by atoms with van der Waals surface area (Å²) in [6, 6.07) is 1.15. The molecule has 0 saturated heterocycles. The minimum Gasteiger partial charge on any atom is -0.480 e. The number of carboxylic acid groups (broad SMARTS) is 1. The average Bonchev–Trinajstić information content (AvgIpc) is 2.51. The summed E-state index contributed by atoms with van der Waals surface area (Å²) in [4.78, 5) is 10.6. The summed E-state index contributed by atoms with van der Waals surface area (Å²) in [5.74, 6) is -0.848. The van der Waals surface area contributed by atoms with Gasteiger partial charge in [0, 0.05) is 0 Å². The van der Waals surface area contributed by atoms with Crippen molar-refractivity contribution in [3.8, 4) is 0 Å². The summed E-state index contributed by atoms with van der Waals surface area (Å²) in [6.45, 7) is 1.81. The lowest BCUT2D eigenvalue weighted by Gasteiger charge is -2.10. The minimum absolute atomic E-state index is 0.539. The van der Waals surface area contributed by atoms with E-state index in [4.69, 9.17) is 9.52 Å². The molecule has 0 aliphatic rings. The fraction of sp³-hybridized carbons (Fsp3) is 0.375. The molecule has 1 aromatic heterocycles. The highest BCUT2D eigenvalue weighted by Gasteiger charge is 2.14. The van der Waals surface area contributed by atoms with E-state index in [1.807, 2.05) is 6.92 Å². The Morgan fingerprint density at radius 2 is 2.58 bits per heavy atom. The van der Waals surface area contributed by atoms with Crippen LogP contribution in [0.3, 0.4) is 0 Å². The number of hydrogen-bond donors (Lipinski definition) is 2. The number of carbonyl (C=O) groups is 1. The van der Waals surface area contributed by atoms with E-state index < -0.39 is 12.0 Å². The van der Waals surface area contributed by atoms with E-state index in [0.717, 1.165) is 0 Å². The van der Waals surface area contributed by atoms with Crippen molar-refractivity contribution in [2.24, 2.45) is 0 Å². The molecule has 1 rings (SSSR count). The molecule has 0 spiro atoms. The second-order valence-corrected chi connectivity index (χ2v) is 2.46. The molecule has 0 fully saturated rings. The van der Waals surface area contributed by atoms with Gasteiger partial charge in [-0.25, -0.2) is 4.79 Å². The van der Waals surface area contributed by atoms with Crippen molar-refractivity contribution in [3.05, 3.63) is 18.6 Å². The van der Waals surface area contributed by atoms with Crippen molar-refractivity contribution in [1.29, 1.82) is 0 Å². The van der Waals surface area contributed by atoms with Crippen LogP contribution in [0.25, 0.3) is 0 Å². The molecule has 2 N–H and O–H groups in total. The molecule has 4 heteroatoms. The van der Waals surface area contributed by atoms with Crippen LogP contribution in [0.4, 0.5) is 5.69 Å². The Hall–Kier alpha value is -1.45. The zero-order valence-electron chi connectivity index (χ0n) is 6.78. The van der Waals surface area contributed by atoms with Crippen LogP contribution >= 0.6 is 0 Å². The lowest BCUT2D eigenvalue weighted by atomic mass is 10.2. The van der Waals surface area contributed by atoms with Gasteiger partial charge in [-0.1, -0.05) is 6.92 Å². The molecule has 0 aliphatic carbocycles. The van der Waals surface area contributed by atoms with Crippen LogP contribution in [-0.2, 0) is 4.79 Å². The van der Waals surface area contributed by atoms with Crippen LogP contribution in [-0.4, -0.2) is 17.1 Å². The number of hydrogen-bond acceptors (Lipinski definition) is 3. The van der Waals surface area contributed by atoms with Gasteiger partial charge in [-0.3, -0.25) is 0 Å². The van der Waals surface area contributed by atoms with E-state index in [-0.39, 0.29) is 0 Å². The molecule has 0 radical (unpaired) electrons. The largest absolute Gasteiger partial charge is 0.480 e. The maximum Gasteiger partial charge on any atom is 0.326 e. The first-order valence-corrected chi connectivity index (χ1v) is 3.75. The second kappa shape index (κ2) is 3.80. The van der Waals surface area contributed by atoms with E-state index in [9.17, 15) is 4.79 Å². The van der Waals surface area contributed by atoms with Gasteiger partial charge in [-0.15, -0.1) is 0 Å². The van der Waals surface area contributed by atoms with E-state index in [1.54, 1.807) is 6.07 Å². The van der Waals surface area contributed by atoms with Crippen LogP contribution in [0.15, 0.2) is 23.0 Å². The molecule has 1 aromatic rings. The van der Waals surface area contributed by atoms with E-state index >= 15 is 0 Å². The fourth-order valence-electron chi connectivity index (χ4n) is 0.886. The summed E-state index contributed by atoms with van der Waals surface area (Å²) in [6.07, 6.45) is 3.52. The fourth-order valence-corrected chi connectivity index (χ4v) is 0.886. The lowest BCUT2D eigenvalue weighted by molar-refractivity contribution is -0.137. The highest BCUT2D eigenvalue weighted by molar-refractivity contribution is 5.76. The molecule has 0 bridgehead atoms. The van der Waals surface area contributed by atoms with Gasteiger partial charge in [0.05, 0.1) is 12.0 Å². The Labute approximate surface area is 70.2 Å². The van der Waals surface area contributed by atoms with Crippen LogP contribution in [0.5, 0.6) is 0 Å². The quantitative estimate of drug-likeness (QED) is 0.717. The maximum absolute atomic E-state index is 10.6. The predicted molar refractivity (Wildman–Crippen MR) is 44.0 cm³/mol. The van der Waals surface area contributed by atoms with Crippen molar-refractivity contribution in [1.82, 2.24) is 0 Å². The third-order valence-electron chi connectivity index (χ3n) is 1.57. The van der Waals surface area contributed by atoms with Crippen molar-refractivity contribution in [2.75, 3.05) is 5.32 Å². The van der Waals surface area contributed by atoms with Crippen molar-refractivity contribution >= 4 is 11.7 Å². The van der Waals surface area contributed by atoms with Gasteiger partial charge in [0.15, 0.2) is 0 Å². The van der Waals surface area contributed by atoms with E-state index in [2.05, 4.69) is 5.32 Å². The third-order valence-corrected chi connectivity index (χ3v) is 1.57. The van der Waals surface area contributed by atoms with Crippen LogP contribution < -0.4 is 5.32 Å². The minimum atomic E-state index is -0.848. The summed E-state index contributed by atoms with van der Waals surface area (Å²) < 4.78 is 4.78. The van der Waals surface area contributed by atoms with Gasteiger partial charge >= 0.3 is 5.97 Å². The normalized spacial score (nSPS) is 12.4. The second-order valence-electron chi connectivity index (χ2n) is 2.46. The Morgan fingerprint density at radius 3 is 3.00 bits per heavy atom. The van der Waals surface area contributed by atoms with Gasteiger partial charge in [0.2, 0.25) is 0 Å². The van der Waals surface area contributed by atoms with Crippen molar-refractivity contribution < 1.29 is 14.3 Å². The zero-order valence-corrected chi connectivity index (χ0v) is 6.78. The SMILES string of the molecule is CCC(Nc1ccoc1)C(=O)O. The summed E-state index contributed by atoms with van der Waals surface area (Å²) in [7, 11) is 0. The van der Waals surface area contributed by atoms with Gasteiger partial charge in [-0.05, 0) is 12.5 Å². The Bertz CT molecular complexity index is 243.